The van der Waals surface area contributed by atoms with Gasteiger partial charge in [-0.05, 0) is 48.7 Å². The van der Waals surface area contributed by atoms with Gasteiger partial charge >= 0.3 is 0 Å². The number of aryl methyl sites for hydroxylation is 1. The molecule has 2 aliphatic rings. The highest BCUT2D eigenvalue weighted by atomic mass is 16.5. The number of hydrazine groups is 1. The summed E-state index contributed by atoms with van der Waals surface area (Å²) in [5.74, 6) is 1.37. The monoisotopic (exact) mass is 399 g/mol. The molecule has 0 spiro atoms. The van der Waals surface area contributed by atoms with E-state index < -0.39 is 0 Å². The second-order valence-corrected chi connectivity index (χ2v) is 8.34. The molecule has 4 nitrogen and oxygen atoms in total. The summed E-state index contributed by atoms with van der Waals surface area (Å²) in [5.41, 5.74) is 13.8. The van der Waals surface area contributed by atoms with E-state index in [1.54, 1.807) is 0 Å². The van der Waals surface area contributed by atoms with Crippen molar-refractivity contribution in [2.24, 2.45) is 5.92 Å². The average molecular weight is 400 g/mol. The quantitative estimate of drug-likeness (QED) is 0.638. The number of nitrogens with one attached hydrogen (secondary N) is 2. The molecular formula is C26H29N3O. The molecule has 0 aromatic heterocycles. The first kappa shape index (κ1) is 19.2. The maximum absolute atomic E-state index is 5.83. The minimum atomic E-state index is 0.263. The van der Waals surface area contributed by atoms with E-state index in [1.807, 2.05) is 6.92 Å². The topological polar surface area (TPSA) is 36.5 Å². The van der Waals surface area contributed by atoms with Gasteiger partial charge in [0.1, 0.15) is 5.75 Å². The van der Waals surface area contributed by atoms with Gasteiger partial charge in [0.2, 0.25) is 0 Å². The molecule has 3 aromatic carbocycles. The zero-order valence-corrected chi connectivity index (χ0v) is 17.6. The molecule has 154 valence electrons. The van der Waals surface area contributed by atoms with Crippen molar-refractivity contribution in [3.8, 4) is 5.75 Å². The Hall–Kier alpha value is -2.82. The Bertz CT molecular complexity index is 1000. The highest BCUT2D eigenvalue weighted by molar-refractivity contribution is 5.61. The van der Waals surface area contributed by atoms with Crippen LogP contribution in [0.4, 0.5) is 5.69 Å². The third-order valence-corrected chi connectivity index (χ3v) is 6.32. The van der Waals surface area contributed by atoms with Crippen LogP contribution in [0.5, 0.6) is 5.75 Å². The Balaban J connectivity index is 1.52. The third-order valence-electron chi connectivity index (χ3n) is 6.32. The van der Waals surface area contributed by atoms with Gasteiger partial charge in [0, 0.05) is 24.7 Å². The Morgan fingerprint density at radius 3 is 2.47 bits per heavy atom. The molecule has 2 heterocycles. The minimum absolute atomic E-state index is 0.263. The molecule has 2 N–H and O–H groups in total. The standard InChI is InChI=1S/C26H29N3O/c1-3-30-21-13-14-24-22(15-21)26-23(17-29(24)16-19-7-5-4-6-8-19)25(27-28-26)20-11-9-18(2)10-12-20/h4-15,23,25-28H,3,16-17H2,1-2H3. The molecule has 0 saturated carbocycles. The van der Waals surface area contributed by atoms with Crippen LogP contribution in [0.3, 0.4) is 0 Å². The summed E-state index contributed by atoms with van der Waals surface area (Å²) >= 11 is 0. The van der Waals surface area contributed by atoms with Crippen LogP contribution in [0, 0.1) is 12.8 Å². The van der Waals surface area contributed by atoms with Gasteiger partial charge in [0.25, 0.3) is 0 Å². The summed E-state index contributed by atoms with van der Waals surface area (Å²) in [6, 6.07) is 26.7. The van der Waals surface area contributed by atoms with E-state index in [9.17, 15) is 0 Å². The molecular weight excluding hydrogens is 370 g/mol. The largest absolute Gasteiger partial charge is 0.494 e. The summed E-state index contributed by atoms with van der Waals surface area (Å²) < 4.78 is 5.83. The van der Waals surface area contributed by atoms with Crippen molar-refractivity contribution in [3.05, 3.63) is 95.1 Å². The maximum Gasteiger partial charge on any atom is 0.119 e. The van der Waals surface area contributed by atoms with Crippen LogP contribution in [-0.4, -0.2) is 13.2 Å². The van der Waals surface area contributed by atoms with Crippen molar-refractivity contribution < 1.29 is 4.74 Å². The van der Waals surface area contributed by atoms with Gasteiger partial charge in [0.05, 0.1) is 18.7 Å². The first-order valence-corrected chi connectivity index (χ1v) is 10.9. The van der Waals surface area contributed by atoms with Gasteiger partial charge in [-0.3, -0.25) is 0 Å². The number of hydrogen-bond donors (Lipinski definition) is 2. The molecule has 4 heteroatoms. The SMILES string of the molecule is CCOc1ccc2c(c1)C1NNC(c3ccc(C)cc3)C1CN2Cc1ccccc1. The fraction of sp³-hybridized carbons (Fsp3) is 0.308. The molecule has 0 aliphatic carbocycles. The van der Waals surface area contributed by atoms with Gasteiger partial charge in [-0.15, -0.1) is 0 Å². The number of benzene rings is 3. The lowest BCUT2D eigenvalue weighted by atomic mass is 9.81. The van der Waals surface area contributed by atoms with Crippen molar-refractivity contribution in [3.63, 3.8) is 0 Å². The van der Waals surface area contributed by atoms with Crippen molar-refractivity contribution in [1.82, 2.24) is 10.9 Å². The van der Waals surface area contributed by atoms with Gasteiger partial charge in [0.15, 0.2) is 0 Å². The zero-order chi connectivity index (χ0) is 20.5. The predicted molar refractivity (Wildman–Crippen MR) is 122 cm³/mol. The van der Waals surface area contributed by atoms with Crippen LogP contribution in [0.1, 0.15) is 41.3 Å². The number of rotatable bonds is 5. The molecule has 0 bridgehead atoms. The second-order valence-electron chi connectivity index (χ2n) is 8.34. The fourth-order valence-electron chi connectivity index (χ4n) is 4.84. The summed E-state index contributed by atoms with van der Waals surface area (Å²) in [7, 11) is 0. The first-order valence-electron chi connectivity index (χ1n) is 10.9. The molecule has 0 amide bonds. The summed E-state index contributed by atoms with van der Waals surface area (Å²) in [6.45, 7) is 6.76. The third kappa shape index (κ3) is 3.57. The van der Waals surface area contributed by atoms with Crippen LogP contribution in [0.15, 0.2) is 72.8 Å². The lowest BCUT2D eigenvalue weighted by Crippen LogP contribution is -2.39. The lowest BCUT2D eigenvalue weighted by Gasteiger charge is -2.39. The van der Waals surface area contributed by atoms with Gasteiger partial charge in [-0.1, -0.05) is 60.2 Å². The Morgan fingerprint density at radius 2 is 1.70 bits per heavy atom. The van der Waals surface area contributed by atoms with E-state index in [0.717, 1.165) is 18.8 Å². The first-order chi connectivity index (χ1) is 14.7. The number of anilines is 1. The highest BCUT2D eigenvalue weighted by Crippen LogP contribution is 2.46. The molecule has 1 fully saturated rings. The van der Waals surface area contributed by atoms with Crippen LogP contribution in [-0.2, 0) is 6.54 Å². The van der Waals surface area contributed by atoms with Crippen LogP contribution >= 0.6 is 0 Å². The minimum Gasteiger partial charge on any atom is -0.494 e. The molecule has 2 aliphatic heterocycles. The lowest BCUT2D eigenvalue weighted by molar-refractivity contribution is 0.337. The number of fused-ring (bicyclic) bond motifs is 3. The van der Waals surface area contributed by atoms with Crippen molar-refractivity contribution in [1.29, 1.82) is 0 Å². The Morgan fingerprint density at radius 1 is 0.933 bits per heavy atom. The van der Waals surface area contributed by atoms with E-state index in [2.05, 4.69) is 95.5 Å². The van der Waals surface area contributed by atoms with Crippen molar-refractivity contribution in [2.45, 2.75) is 32.5 Å². The number of hydrogen-bond acceptors (Lipinski definition) is 4. The summed E-state index contributed by atoms with van der Waals surface area (Å²) in [6.07, 6.45) is 0. The average Bonchev–Trinajstić information content (AvgIpc) is 3.19. The van der Waals surface area contributed by atoms with Gasteiger partial charge in [-0.25, -0.2) is 10.9 Å². The van der Waals surface area contributed by atoms with Gasteiger partial charge < -0.3 is 9.64 Å². The molecule has 0 radical (unpaired) electrons. The fourth-order valence-corrected chi connectivity index (χ4v) is 4.84. The van der Waals surface area contributed by atoms with E-state index in [0.29, 0.717) is 12.5 Å². The Kier molecular flexibility index (Phi) is 5.19. The molecule has 3 unspecified atom stereocenters. The second kappa shape index (κ2) is 8.13. The number of ether oxygens (including phenoxy) is 1. The molecule has 1 saturated heterocycles. The van der Waals surface area contributed by atoms with E-state index >= 15 is 0 Å². The molecule has 5 rings (SSSR count). The van der Waals surface area contributed by atoms with Crippen LogP contribution < -0.4 is 20.5 Å². The smallest absolute Gasteiger partial charge is 0.119 e. The van der Waals surface area contributed by atoms with Crippen molar-refractivity contribution in [2.75, 3.05) is 18.1 Å². The Labute approximate surface area is 178 Å². The van der Waals surface area contributed by atoms with E-state index in [4.69, 9.17) is 4.74 Å². The molecule has 3 aromatic rings. The molecule has 30 heavy (non-hydrogen) atoms. The summed E-state index contributed by atoms with van der Waals surface area (Å²) in [4.78, 5) is 2.53. The van der Waals surface area contributed by atoms with Gasteiger partial charge in [-0.2, -0.15) is 0 Å². The van der Waals surface area contributed by atoms with Crippen LogP contribution in [0.25, 0.3) is 0 Å². The highest BCUT2D eigenvalue weighted by Gasteiger charge is 2.43. The maximum atomic E-state index is 5.83. The summed E-state index contributed by atoms with van der Waals surface area (Å²) in [5, 5.41) is 0. The predicted octanol–water partition coefficient (Wildman–Crippen LogP) is 4.92. The van der Waals surface area contributed by atoms with E-state index in [-0.39, 0.29) is 12.1 Å². The normalized spacial score (nSPS) is 22.5. The van der Waals surface area contributed by atoms with Crippen molar-refractivity contribution >= 4 is 5.69 Å². The van der Waals surface area contributed by atoms with E-state index in [1.165, 1.54) is 27.9 Å². The van der Waals surface area contributed by atoms with Crippen LogP contribution in [0.2, 0.25) is 0 Å². The zero-order valence-electron chi connectivity index (χ0n) is 17.6. The molecule has 3 atom stereocenters. The number of nitrogens with zero attached hydrogens (tertiary/aromatic N) is 1.